The van der Waals surface area contributed by atoms with Crippen molar-refractivity contribution in [3.63, 3.8) is 0 Å². The van der Waals surface area contributed by atoms with Gasteiger partial charge < -0.3 is 20.6 Å². The van der Waals surface area contributed by atoms with Crippen LogP contribution in [0.25, 0.3) is 45.6 Å². The Morgan fingerprint density at radius 3 is 1.24 bits per heavy atom. The van der Waals surface area contributed by atoms with Gasteiger partial charge in [0.15, 0.2) is 11.6 Å². The molecule has 0 fully saturated rings. The highest BCUT2D eigenvalue weighted by atomic mass is 16.2. The minimum absolute atomic E-state index is 0.239. The second-order valence-electron chi connectivity index (χ2n) is 10.6. The third-order valence-corrected chi connectivity index (χ3v) is 7.42. The van der Waals surface area contributed by atoms with Gasteiger partial charge in [-0.05, 0) is 71.8 Å². The van der Waals surface area contributed by atoms with Crippen LogP contribution in [-0.2, 0) is 0 Å². The van der Waals surface area contributed by atoms with E-state index in [9.17, 15) is 9.59 Å². The molecule has 8 nitrogen and oxygen atoms in total. The first kappa shape index (κ1) is 28.2. The normalized spacial score (nSPS) is 11.9. The first-order valence-electron chi connectivity index (χ1n) is 14.8. The Bertz CT molecular complexity index is 2000. The lowest BCUT2D eigenvalue weighted by Crippen LogP contribution is -2.22. The van der Waals surface area contributed by atoms with E-state index in [2.05, 4.69) is 20.6 Å². The summed E-state index contributed by atoms with van der Waals surface area (Å²) in [7, 11) is 0. The monoisotopic (exact) mass is 600 g/mol. The molecule has 0 bridgehead atoms. The molecule has 2 amide bonds. The maximum absolute atomic E-state index is 13.2. The highest BCUT2D eigenvalue weighted by Crippen LogP contribution is 2.22. The van der Waals surface area contributed by atoms with E-state index in [0.29, 0.717) is 34.2 Å². The van der Waals surface area contributed by atoms with Gasteiger partial charge >= 0.3 is 0 Å². The Balaban J connectivity index is 1.22. The second-order valence-corrected chi connectivity index (χ2v) is 10.6. The largest absolute Gasteiger partial charge is 0.337 e. The Morgan fingerprint density at radius 1 is 0.478 bits per heavy atom. The van der Waals surface area contributed by atoms with Crippen molar-refractivity contribution in [1.82, 2.24) is 30.6 Å². The Kier molecular flexibility index (Phi) is 7.73. The van der Waals surface area contributed by atoms with Crippen LogP contribution >= 0.6 is 0 Å². The molecule has 5 aromatic carbocycles. The molecule has 0 aliphatic carbocycles. The molecule has 4 N–H and O–H groups in total. The van der Waals surface area contributed by atoms with Crippen LogP contribution in [0.1, 0.15) is 43.5 Å². The summed E-state index contributed by atoms with van der Waals surface area (Å²) in [6.07, 6.45) is 3.76. The lowest BCUT2D eigenvalue weighted by atomic mass is 10.1. The second kappa shape index (κ2) is 12.6. The summed E-state index contributed by atoms with van der Waals surface area (Å²) in [6, 6.07) is 41.3. The van der Waals surface area contributed by atoms with E-state index in [1.807, 2.05) is 121 Å². The quantitative estimate of drug-likeness (QED) is 0.147. The number of imidazole rings is 2. The number of amides is 2. The molecule has 2 heterocycles. The maximum atomic E-state index is 13.2. The van der Waals surface area contributed by atoms with Crippen molar-refractivity contribution in [2.24, 2.45) is 0 Å². The molecule has 0 radical (unpaired) electrons. The third-order valence-electron chi connectivity index (χ3n) is 7.42. The zero-order valence-electron chi connectivity index (χ0n) is 24.6. The van der Waals surface area contributed by atoms with Gasteiger partial charge in [-0.25, -0.2) is 9.97 Å². The van der Waals surface area contributed by atoms with Crippen LogP contribution in [0.3, 0.4) is 0 Å². The van der Waals surface area contributed by atoms with E-state index in [4.69, 9.17) is 9.97 Å². The van der Waals surface area contributed by atoms with E-state index in [1.54, 1.807) is 24.3 Å². The Morgan fingerprint density at radius 2 is 0.848 bits per heavy atom. The summed E-state index contributed by atoms with van der Waals surface area (Å²) >= 11 is 0. The first-order chi connectivity index (χ1) is 22.6. The minimum atomic E-state index is -0.239. The number of carbonyl (C=O) groups excluding carboxylic acids is 2. The molecular formula is C38H28N6O2. The van der Waals surface area contributed by atoms with Crippen LogP contribution < -0.4 is 10.6 Å². The average Bonchev–Trinajstić information content (AvgIpc) is 3.74. The van der Waals surface area contributed by atoms with Gasteiger partial charge in [-0.3, -0.25) is 9.59 Å². The van der Waals surface area contributed by atoms with E-state index >= 15 is 0 Å². The number of fused-ring (bicyclic) bond motifs is 2. The molecule has 0 atom stereocenters. The number of rotatable bonds is 8. The number of nitrogens with zero attached hydrogens (tertiary/aromatic N) is 2. The first-order valence-corrected chi connectivity index (χ1v) is 14.8. The molecule has 0 unspecified atom stereocenters. The zero-order valence-corrected chi connectivity index (χ0v) is 24.6. The smallest absolute Gasteiger partial charge is 0.255 e. The van der Waals surface area contributed by atoms with Crippen molar-refractivity contribution in [2.45, 2.75) is 0 Å². The molecule has 8 heteroatoms. The van der Waals surface area contributed by atoms with Gasteiger partial charge in [-0.1, -0.05) is 84.9 Å². The molecule has 7 rings (SSSR count). The number of aromatic nitrogens is 4. The van der Waals surface area contributed by atoms with Crippen LogP contribution in [0.4, 0.5) is 0 Å². The fourth-order valence-electron chi connectivity index (χ4n) is 5.08. The maximum Gasteiger partial charge on any atom is 0.255 e. The highest BCUT2D eigenvalue weighted by molar-refractivity contribution is 6.03. The average molecular weight is 601 g/mol. The summed E-state index contributed by atoms with van der Waals surface area (Å²) < 4.78 is 0. The number of para-hydroxylation sites is 4. The number of carbonyl (C=O) groups is 2. The summed E-state index contributed by atoms with van der Waals surface area (Å²) in [5.41, 5.74) is 7.18. The molecule has 0 saturated heterocycles. The van der Waals surface area contributed by atoms with Gasteiger partial charge in [0.1, 0.15) is 0 Å². The van der Waals surface area contributed by atoms with E-state index in [1.165, 1.54) is 0 Å². The van der Waals surface area contributed by atoms with Crippen molar-refractivity contribution in [2.75, 3.05) is 0 Å². The fraction of sp³-hybridized carbons (Fsp3) is 0. The SMILES string of the molecule is O=C(NC(=Cc1ccc(C=C(NC(=O)c2ccccc2)c2nc3ccccc3[nH]2)cc1)c1nc2ccccc2[nH]1)c1ccccc1. The summed E-state index contributed by atoms with van der Waals surface area (Å²) in [5, 5.41) is 6.07. The van der Waals surface area contributed by atoms with Gasteiger partial charge in [-0.2, -0.15) is 0 Å². The summed E-state index contributed by atoms with van der Waals surface area (Å²) in [6.45, 7) is 0. The van der Waals surface area contributed by atoms with Gasteiger partial charge in [0, 0.05) is 11.1 Å². The number of hydrogen-bond acceptors (Lipinski definition) is 4. The standard InChI is InChI=1S/C38H28N6O2/c45-37(27-11-3-1-4-12-27)43-33(35-39-29-15-7-8-16-30(29)40-35)23-25-19-21-26(22-20-25)24-34(44-38(46)28-13-5-2-6-14-28)36-41-31-17-9-10-18-32(31)42-36/h1-24H,(H,39,40)(H,41,42)(H,43,45)(H,44,46). The van der Waals surface area contributed by atoms with Crippen LogP contribution in [-0.4, -0.2) is 31.8 Å². The van der Waals surface area contributed by atoms with E-state index < -0.39 is 0 Å². The number of hydrogen-bond donors (Lipinski definition) is 4. The van der Waals surface area contributed by atoms with E-state index in [0.717, 1.165) is 33.2 Å². The van der Waals surface area contributed by atoms with E-state index in [-0.39, 0.29) is 11.8 Å². The Labute approximate surface area is 264 Å². The molecule has 7 aromatic rings. The highest BCUT2D eigenvalue weighted by Gasteiger charge is 2.15. The molecule has 2 aromatic heterocycles. The predicted octanol–water partition coefficient (Wildman–Crippen LogP) is 7.30. The van der Waals surface area contributed by atoms with Crippen molar-refractivity contribution in [3.8, 4) is 0 Å². The van der Waals surface area contributed by atoms with Gasteiger partial charge in [0.25, 0.3) is 11.8 Å². The zero-order chi connectivity index (χ0) is 31.3. The molecule has 0 aliphatic rings. The number of nitrogens with one attached hydrogen (secondary N) is 4. The van der Waals surface area contributed by atoms with Crippen molar-refractivity contribution in [1.29, 1.82) is 0 Å². The van der Waals surface area contributed by atoms with Crippen LogP contribution in [0.5, 0.6) is 0 Å². The minimum Gasteiger partial charge on any atom is -0.337 e. The molecule has 222 valence electrons. The van der Waals surface area contributed by atoms with Crippen LogP contribution in [0, 0.1) is 0 Å². The van der Waals surface area contributed by atoms with Crippen molar-refractivity contribution >= 4 is 57.4 Å². The number of benzene rings is 5. The molecule has 0 saturated carbocycles. The molecular weight excluding hydrogens is 572 g/mol. The predicted molar refractivity (Wildman–Crippen MR) is 182 cm³/mol. The summed E-state index contributed by atoms with van der Waals surface area (Å²) in [4.78, 5) is 42.4. The Hall–Kier alpha value is -6.54. The lowest BCUT2D eigenvalue weighted by Gasteiger charge is -2.10. The topological polar surface area (TPSA) is 116 Å². The summed E-state index contributed by atoms with van der Waals surface area (Å²) in [5.74, 6) is 0.614. The molecule has 0 spiro atoms. The molecule has 0 aliphatic heterocycles. The third kappa shape index (κ3) is 6.22. The van der Waals surface area contributed by atoms with Gasteiger partial charge in [0.2, 0.25) is 0 Å². The van der Waals surface area contributed by atoms with Crippen LogP contribution in [0.15, 0.2) is 133 Å². The van der Waals surface area contributed by atoms with Crippen LogP contribution in [0.2, 0.25) is 0 Å². The fourth-order valence-corrected chi connectivity index (χ4v) is 5.08. The van der Waals surface area contributed by atoms with Crippen molar-refractivity contribution < 1.29 is 9.59 Å². The van der Waals surface area contributed by atoms with Crippen molar-refractivity contribution in [3.05, 3.63) is 167 Å². The number of H-pyrrole nitrogens is 2. The molecule has 46 heavy (non-hydrogen) atoms. The van der Waals surface area contributed by atoms with Gasteiger partial charge in [0.05, 0.1) is 33.5 Å². The van der Waals surface area contributed by atoms with Gasteiger partial charge in [-0.15, -0.1) is 0 Å². The lowest BCUT2D eigenvalue weighted by molar-refractivity contribution is 0.0965. The number of aromatic amines is 2.